The van der Waals surface area contributed by atoms with Gasteiger partial charge in [-0.05, 0) is 29.8 Å². The molecule has 1 N–H and O–H groups in total. The van der Waals surface area contributed by atoms with E-state index in [0.717, 1.165) is 5.56 Å². The van der Waals surface area contributed by atoms with Crippen LogP contribution in [0.3, 0.4) is 0 Å². The van der Waals surface area contributed by atoms with E-state index in [4.69, 9.17) is 9.47 Å². The van der Waals surface area contributed by atoms with E-state index < -0.39 is 0 Å². The smallest absolute Gasteiger partial charge is 0.123 e. The molecular formula is C16H17FO3. The van der Waals surface area contributed by atoms with Crippen molar-refractivity contribution in [3.05, 3.63) is 59.9 Å². The minimum absolute atomic E-state index is 0.0599. The highest BCUT2D eigenvalue weighted by atomic mass is 19.1. The number of benzene rings is 2. The van der Waals surface area contributed by atoms with Gasteiger partial charge in [0, 0.05) is 12.0 Å². The molecule has 0 aliphatic heterocycles. The molecule has 3 nitrogen and oxygen atoms in total. The summed E-state index contributed by atoms with van der Waals surface area (Å²) < 4.78 is 23.6. The number of methoxy groups -OCH3 is 1. The van der Waals surface area contributed by atoms with Crippen molar-refractivity contribution in [3.8, 4) is 11.5 Å². The maximum Gasteiger partial charge on any atom is 0.123 e. The average molecular weight is 276 g/mol. The third-order valence-corrected chi connectivity index (χ3v) is 3.05. The molecule has 0 amide bonds. The summed E-state index contributed by atoms with van der Waals surface area (Å²) in [6.45, 7) is 0.255. The van der Waals surface area contributed by atoms with Crippen LogP contribution in [0.5, 0.6) is 11.5 Å². The SMILES string of the molecule is COc1cccc(OCC(CO)c2ccc(F)cc2)c1. The second-order valence-electron chi connectivity index (χ2n) is 4.42. The Morgan fingerprint density at radius 1 is 1.10 bits per heavy atom. The van der Waals surface area contributed by atoms with Crippen molar-refractivity contribution >= 4 is 0 Å². The Kier molecular flexibility index (Phi) is 4.96. The van der Waals surface area contributed by atoms with E-state index in [2.05, 4.69) is 0 Å². The van der Waals surface area contributed by atoms with Gasteiger partial charge in [0.1, 0.15) is 17.3 Å². The van der Waals surface area contributed by atoms with Gasteiger partial charge < -0.3 is 14.6 Å². The minimum Gasteiger partial charge on any atom is -0.497 e. The molecule has 2 rings (SSSR count). The lowest BCUT2D eigenvalue weighted by molar-refractivity contribution is 0.204. The second kappa shape index (κ2) is 6.91. The molecular weight excluding hydrogens is 259 g/mol. The van der Waals surface area contributed by atoms with Crippen molar-refractivity contribution in [2.75, 3.05) is 20.3 Å². The van der Waals surface area contributed by atoms with Crippen LogP contribution in [0.4, 0.5) is 4.39 Å². The molecule has 0 heterocycles. The van der Waals surface area contributed by atoms with Crippen molar-refractivity contribution in [3.63, 3.8) is 0 Å². The molecule has 1 unspecified atom stereocenters. The monoisotopic (exact) mass is 276 g/mol. The summed E-state index contributed by atoms with van der Waals surface area (Å²) in [5.74, 6) is 0.899. The molecule has 0 aliphatic carbocycles. The Balaban J connectivity index is 2.01. The average Bonchev–Trinajstić information content (AvgIpc) is 2.50. The van der Waals surface area contributed by atoms with Crippen LogP contribution in [-0.4, -0.2) is 25.4 Å². The summed E-state index contributed by atoms with van der Waals surface area (Å²) in [5.41, 5.74) is 0.844. The first-order valence-corrected chi connectivity index (χ1v) is 6.36. The fourth-order valence-electron chi connectivity index (χ4n) is 1.88. The first-order valence-electron chi connectivity index (χ1n) is 6.36. The standard InChI is InChI=1S/C16H17FO3/c1-19-15-3-2-4-16(9-15)20-11-13(10-18)12-5-7-14(17)8-6-12/h2-9,13,18H,10-11H2,1H3. The Morgan fingerprint density at radius 2 is 1.80 bits per heavy atom. The van der Waals surface area contributed by atoms with E-state index in [1.54, 1.807) is 25.3 Å². The highest BCUT2D eigenvalue weighted by molar-refractivity contribution is 5.33. The molecule has 0 spiro atoms. The first kappa shape index (κ1) is 14.3. The van der Waals surface area contributed by atoms with Gasteiger partial charge in [0.2, 0.25) is 0 Å². The Hall–Kier alpha value is -2.07. The largest absolute Gasteiger partial charge is 0.497 e. The third kappa shape index (κ3) is 3.71. The van der Waals surface area contributed by atoms with E-state index in [0.29, 0.717) is 18.1 Å². The number of halogens is 1. The van der Waals surface area contributed by atoms with Crippen LogP contribution in [0.25, 0.3) is 0 Å². The number of hydrogen-bond acceptors (Lipinski definition) is 3. The van der Waals surface area contributed by atoms with Crippen molar-refractivity contribution in [1.82, 2.24) is 0 Å². The third-order valence-electron chi connectivity index (χ3n) is 3.05. The molecule has 2 aromatic rings. The van der Waals surface area contributed by atoms with Crippen LogP contribution in [0.2, 0.25) is 0 Å². The molecule has 0 fully saturated rings. The van der Waals surface area contributed by atoms with E-state index in [9.17, 15) is 9.50 Å². The van der Waals surface area contributed by atoms with E-state index in [-0.39, 0.29) is 18.3 Å². The van der Waals surface area contributed by atoms with Crippen LogP contribution in [0.1, 0.15) is 11.5 Å². The number of aliphatic hydroxyl groups excluding tert-OH is 1. The van der Waals surface area contributed by atoms with Gasteiger partial charge >= 0.3 is 0 Å². The molecule has 2 aromatic carbocycles. The number of rotatable bonds is 6. The van der Waals surface area contributed by atoms with Crippen molar-refractivity contribution < 1.29 is 19.0 Å². The minimum atomic E-state index is -0.292. The lowest BCUT2D eigenvalue weighted by Gasteiger charge is -2.16. The number of aliphatic hydroxyl groups is 1. The molecule has 0 radical (unpaired) electrons. The predicted octanol–water partition coefficient (Wildman–Crippen LogP) is 2.99. The molecule has 20 heavy (non-hydrogen) atoms. The highest BCUT2D eigenvalue weighted by Crippen LogP contribution is 2.22. The van der Waals surface area contributed by atoms with Crippen LogP contribution >= 0.6 is 0 Å². The van der Waals surface area contributed by atoms with Gasteiger partial charge in [-0.1, -0.05) is 18.2 Å². The zero-order valence-electron chi connectivity index (χ0n) is 11.3. The lowest BCUT2D eigenvalue weighted by Crippen LogP contribution is -2.14. The van der Waals surface area contributed by atoms with Gasteiger partial charge in [-0.25, -0.2) is 4.39 Å². The molecule has 106 valence electrons. The fraction of sp³-hybridized carbons (Fsp3) is 0.250. The van der Waals surface area contributed by atoms with Crippen molar-refractivity contribution in [2.24, 2.45) is 0 Å². The van der Waals surface area contributed by atoms with Gasteiger partial charge in [-0.2, -0.15) is 0 Å². The summed E-state index contributed by atoms with van der Waals surface area (Å²) in [6, 6.07) is 13.3. The van der Waals surface area contributed by atoms with Crippen LogP contribution in [0, 0.1) is 5.82 Å². The summed E-state index contributed by atoms with van der Waals surface area (Å²) in [7, 11) is 1.59. The van der Waals surface area contributed by atoms with Gasteiger partial charge in [0.05, 0.1) is 20.3 Å². The van der Waals surface area contributed by atoms with Crippen LogP contribution < -0.4 is 9.47 Å². The van der Waals surface area contributed by atoms with Crippen LogP contribution in [-0.2, 0) is 0 Å². The highest BCUT2D eigenvalue weighted by Gasteiger charge is 2.11. The molecule has 0 saturated heterocycles. The van der Waals surface area contributed by atoms with Crippen molar-refractivity contribution in [1.29, 1.82) is 0 Å². The van der Waals surface area contributed by atoms with Gasteiger partial charge in [-0.15, -0.1) is 0 Å². The molecule has 0 aliphatic rings. The molecule has 1 atom stereocenters. The first-order chi connectivity index (χ1) is 9.72. The zero-order chi connectivity index (χ0) is 14.4. The zero-order valence-corrected chi connectivity index (χ0v) is 11.3. The normalized spacial score (nSPS) is 11.9. The fourth-order valence-corrected chi connectivity index (χ4v) is 1.88. The topological polar surface area (TPSA) is 38.7 Å². The Morgan fingerprint density at radius 3 is 2.45 bits per heavy atom. The van der Waals surface area contributed by atoms with Gasteiger partial charge in [0.25, 0.3) is 0 Å². The molecule has 0 saturated carbocycles. The molecule has 0 aromatic heterocycles. The summed E-state index contributed by atoms with van der Waals surface area (Å²) in [4.78, 5) is 0. The van der Waals surface area contributed by atoms with Crippen molar-refractivity contribution in [2.45, 2.75) is 5.92 Å². The second-order valence-corrected chi connectivity index (χ2v) is 4.42. The Bertz CT molecular complexity index is 540. The van der Waals surface area contributed by atoms with Gasteiger partial charge in [0.15, 0.2) is 0 Å². The summed E-state index contributed by atoms with van der Waals surface area (Å²) >= 11 is 0. The number of hydrogen-bond donors (Lipinski definition) is 1. The van der Waals surface area contributed by atoms with E-state index in [1.807, 2.05) is 18.2 Å². The summed E-state index contributed by atoms with van der Waals surface area (Å²) in [5, 5.41) is 9.43. The summed E-state index contributed by atoms with van der Waals surface area (Å²) in [6.07, 6.45) is 0. The predicted molar refractivity (Wildman–Crippen MR) is 74.7 cm³/mol. The Labute approximate surface area is 117 Å². The maximum atomic E-state index is 12.9. The maximum absolute atomic E-state index is 12.9. The van der Waals surface area contributed by atoms with E-state index >= 15 is 0 Å². The van der Waals surface area contributed by atoms with E-state index in [1.165, 1.54) is 12.1 Å². The van der Waals surface area contributed by atoms with Crippen LogP contribution in [0.15, 0.2) is 48.5 Å². The van der Waals surface area contributed by atoms with Gasteiger partial charge in [-0.3, -0.25) is 0 Å². The quantitative estimate of drug-likeness (QED) is 0.881. The number of ether oxygens (including phenoxy) is 2. The lowest BCUT2D eigenvalue weighted by atomic mass is 10.0. The molecule has 4 heteroatoms. The molecule has 0 bridgehead atoms.